The summed E-state index contributed by atoms with van der Waals surface area (Å²) in [7, 11) is 0. The second kappa shape index (κ2) is 14.1. The lowest BCUT2D eigenvalue weighted by atomic mass is 10.3. The molecule has 1 unspecified atom stereocenters. The minimum atomic E-state index is -0.667. The first-order valence-corrected chi connectivity index (χ1v) is 5.87. The third kappa shape index (κ3) is 16.7. The summed E-state index contributed by atoms with van der Waals surface area (Å²) in [6, 6.07) is 0. The molecule has 7 N–H and O–H groups in total. The number of carbonyl (C=O) groups excluding carboxylic acids is 2. The Morgan fingerprint density at radius 3 is 1.85 bits per heavy atom. The number of aliphatic hydroxyl groups is 3. The zero-order valence-electron chi connectivity index (χ0n) is 11.4. The van der Waals surface area contributed by atoms with E-state index in [4.69, 9.17) is 30.7 Å². The molecule has 0 fully saturated rings. The summed E-state index contributed by atoms with van der Waals surface area (Å²) in [5.74, 6) is -1.22. The molecule has 0 aliphatic rings. The molecule has 0 heterocycles. The lowest BCUT2D eigenvalue weighted by Gasteiger charge is -2.19. The van der Waals surface area contributed by atoms with Crippen LogP contribution in [-0.4, -0.2) is 65.0 Å². The summed E-state index contributed by atoms with van der Waals surface area (Å²) in [4.78, 5) is 31.3. The number of aliphatic hydroxyl groups excluding tert-OH is 3. The second-order valence-corrected chi connectivity index (χ2v) is 3.47. The molecule has 0 aliphatic heterocycles. The van der Waals surface area contributed by atoms with Gasteiger partial charge in [-0.15, -0.1) is 0 Å². The SMILES string of the molecule is CC(N)O.NC(=O)CCC(=O)N(OCCO)OCCO. The van der Waals surface area contributed by atoms with E-state index in [0.717, 1.165) is 0 Å². The fourth-order valence-electron chi connectivity index (χ4n) is 0.750. The van der Waals surface area contributed by atoms with Crippen LogP contribution in [0.1, 0.15) is 19.8 Å². The maximum absolute atomic E-state index is 11.4. The number of nitrogens with zero attached hydrogens (tertiary/aromatic N) is 1. The predicted octanol–water partition coefficient (Wildman–Crippen LogP) is -2.79. The summed E-state index contributed by atoms with van der Waals surface area (Å²) in [5, 5.41) is 25.4. The van der Waals surface area contributed by atoms with Crippen molar-refractivity contribution in [2.24, 2.45) is 11.5 Å². The Hall–Kier alpha value is -1.30. The lowest BCUT2D eigenvalue weighted by Crippen LogP contribution is -2.34. The fourth-order valence-corrected chi connectivity index (χ4v) is 0.750. The highest BCUT2D eigenvalue weighted by atomic mass is 17.0. The molecule has 0 saturated carbocycles. The first kappa shape index (κ1) is 21.0. The largest absolute Gasteiger partial charge is 0.394 e. The standard InChI is InChI=1S/C8H16N2O6.C2H7NO/c9-7(13)1-2-8(14)10(15-5-3-11)16-6-4-12;1-2(3)4/h11-12H,1-6H2,(H2,9,13);2,4H,3H2,1H3. The lowest BCUT2D eigenvalue weighted by molar-refractivity contribution is -0.345. The molecular formula is C10H23N3O7. The monoisotopic (exact) mass is 297 g/mol. The van der Waals surface area contributed by atoms with E-state index in [1.807, 2.05) is 0 Å². The van der Waals surface area contributed by atoms with Crippen molar-refractivity contribution in [1.82, 2.24) is 5.23 Å². The zero-order chi connectivity index (χ0) is 16.0. The molecule has 0 aromatic carbocycles. The van der Waals surface area contributed by atoms with Crippen LogP contribution in [0.5, 0.6) is 0 Å². The average Bonchev–Trinajstić information content (AvgIpc) is 2.35. The van der Waals surface area contributed by atoms with E-state index in [1.165, 1.54) is 6.92 Å². The molecule has 0 radical (unpaired) electrons. The maximum atomic E-state index is 11.4. The van der Waals surface area contributed by atoms with Crippen molar-refractivity contribution in [2.75, 3.05) is 26.4 Å². The third-order valence-electron chi connectivity index (χ3n) is 1.39. The van der Waals surface area contributed by atoms with Gasteiger partial charge in [0, 0.05) is 12.8 Å². The molecule has 10 heteroatoms. The molecule has 0 spiro atoms. The van der Waals surface area contributed by atoms with Crippen LogP contribution in [0.4, 0.5) is 0 Å². The molecule has 0 aromatic heterocycles. The normalized spacial score (nSPS) is 11.2. The van der Waals surface area contributed by atoms with Crippen molar-refractivity contribution >= 4 is 11.8 Å². The van der Waals surface area contributed by atoms with Gasteiger partial charge in [0.15, 0.2) is 0 Å². The molecular weight excluding hydrogens is 274 g/mol. The van der Waals surface area contributed by atoms with Crippen molar-refractivity contribution in [3.8, 4) is 0 Å². The Morgan fingerprint density at radius 2 is 1.55 bits per heavy atom. The minimum absolute atomic E-state index is 0.125. The number of hydrogen-bond acceptors (Lipinski definition) is 8. The van der Waals surface area contributed by atoms with Crippen LogP contribution in [0.15, 0.2) is 0 Å². The molecule has 0 saturated heterocycles. The molecule has 0 bridgehead atoms. The molecule has 20 heavy (non-hydrogen) atoms. The number of carbonyl (C=O) groups is 2. The van der Waals surface area contributed by atoms with Crippen LogP contribution in [-0.2, 0) is 19.3 Å². The van der Waals surface area contributed by atoms with Gasteiger partial charge in [0.05, 0.1) is 19.4 Å². The van der Waals surface area contributed by atoms with Gasteiger partial charge in [-0.1, -0.05) is 5.23 Å². The number of hydrogen-bond donors (Lipinski definition) is 5. The summed E-state index contributed by atoms with van der Waals surface area (Å²) in [5.41, 5.74) is 9.54. The first-order valence-electron chi connectivity index (χ1n) is 5.87. The van der Waals surface area contributed by atoms with E-state index in [9.17, 15) is 9.59 Å². The fraction of sp³-hybridized carbons (Fsp3) is 0.800. The van der Waals surface area contributed by atoms with Crippen LogP contribution in [0.2, 0.25) is 0 Å². The molecule has 0 rings (SSSR count). The van der Waals surface area contributed by atoms with E-state index in [0.29, 0.717) is 5.23 Å². The topological polar surface area (TPSA) is 169 Å². The Labute approximate surface area is 116 Å². The summed E-state index contributed by atoms with van der Waals surface area (Å²) < 4.78 is 0. The Bertz CT molecular complexity index is 252. The van der Waals surface area contributed by atoms with Crippen LogP contribution < -0.4 is 11.5 Å². The minimum Gasteiger partial charge on any atom is -0.394 e. The summed E-state index contributed by atoms with van der Waals surface area (Å²) >= 11 is 0. The first-order chi connectivity index (χ1) is 9.34. The van der Waals surface area contributed by atoms with Crippen molar-refractivity contribution in [2.45, 2.75) is 26.0 Å². The molecule has 1 atom stereocenters. The van der Waals surface area contributed by atoms with Crippen LogP contribution in [0.25, 0.3) is 0 Å². The van der Waals surface area contributed by atoms with Gasteiger partial charge in [0.1, 0.15) is 13.2 Å². The molecule has 2 amide bonds. The highest BCUT2D eigenvalue weighted by Crippen LogP contribution is 2.00. The Kier molecular flexibility index (Phi) is 14.8. The zero-order valence-corrected chi connectivity index (χ0v) is 11.4. The number of hydroxylamine groups is 2. The summed E-state index contributed by atoms with van der Waals surface area (Å²) in [6.07, 6.45) is -0.952. The second-order valence-electron chi connectivity index (χ2n) is 3.47. The number of rotatable bonds is 9. The van der Waals surface area contributed by atoms with Gasteiger partial charge in [-0.2, -0.15) is 0 Å². The molecule has 0 aliphatic carbocycles. The number of nitrogens with two attached hydrogens (primary N) is 2. The summed E-state index contributed by atoms with van der Waals surface area (Å²) in [6.45, 7) is 0.658. The van der Waals surface area contributed by atoms with E-state index in [-0.39, 0.29) is 39.3 Å². The quantitative estimate of drug-likeness (QED) is 0.225. The van der Waals surface area contributed by atoms with Crippen LogP contribution >= 0.6 is 0 Å². The van der Waals surface area contributed by atoms with Gasteiger partial charge in [-0.05, 0) is 6.92 Å². The Morgan fingerprint density at radius 1 is 1.15 bits per heavy atom. The average molecular weight is 297 g/mol. The van der Waals surface area contributed by atoms with Gasteiger partial charge in [-0.3, -0.25) is 9.59 Å². The number of amides is 2. The molecule has 10 nitrogen and oxygen atoms in total. The predicted molar refractivity (Wildman–Crippen MR) is 67.2 cm³/mol. The van der Waals surface area contributed by atoms with Crippen molar-refractivity contribution in [1.29, 1.82) is 0 Å². The van der Waals surface area contributed by atoms with E-state index >= 15 is 0 Å². The van der Waals surface area contributed by atoms with Gasteiger partial charge in [-0.25, -0.2) is 9.68 Å². The highest BCUT2D eigenvalue weighted by Gasteiger charge is 2.16. The third-order valence-corrected chi connectivity index (χ3v) is 1.39. The van der Waals surface area contributed by atoms with E-state index < -0.39 is 18.0 Å². The van der Waals surface area contributed by atoms with E-state index in [2.05, 4.69) is 5.73 Å². The van der Waals surface area contributed by atoms with E-state index in [1.54, 1.807) is 0 Å². The highest BCUT2D eigenvalue weighted by molar-refractivity contribution is 5.81. The van der Waals surface area contributed by atoms with Crippen molar-refractivity contribution in [3.63, 3.8) is 0 Å². The van der Waals surface area contributed by atoms with Gasteiger partial charge in [0.25, 0.3) is 5.91 Å². The van der Waals surface area contributed by atoms with Crippen molar-refractivity contribution in [3.05, 3.63) is 0 Å². The Balaban J connectivity index is 0. The smallest absolute Gasteiger partial charge is 0.274 e. The molecule has 120 valence electrons. The number of primary amides is 1. The van der Waals surface area contributed by atoms with Crippen LogP contribution in [0, 0.1) is 0 Å². The van der Waals surface area contributed by atoms with Crippen molar-refractivity contribution < 1.29 is 34.6 Å². The van der Waals surface area contributed by atoms with Gasteiger partial charge < -0.3 is 26.8 Å². The molecule has 0 aromatic rings. The van der Waals surface area contributed by atoms with Gasteiger partial charge >= 0.3 is 0 Å². The van der Waals surface area contributed by atoms with Gasteiger partial charge in [0.2, 0.25) is 5.91 Å². The maximum Gasteiger partial charge on any atom is 0.274 e. The van der Waals surface area contributed by atoms with Crippen LogP contribution in [0.3, 0.4) is 0 Å².